The third-order valence-corrected chi connectivity index (χ3v) is 1.93. The molecule has 5 nitrogen and oxygen atoms in total. The van der Waals surface area contributed by atoms with Crippen LogP contribution >= 0.6 is 0 Å². The summed E-state index contributed by atoms with van der Waals surface area (Å²) in [5.41, 5.74) is 0. The molecule has 0 aromatic heterocycles. The van der Waals surface area contributed by atoms with Crippen molar-refractivity contribution in [3.05, 3.63) is 0 Å². The lowest BCUT2D eigenvalue weighted by molar-refractivity contribution is 0.579. The van der Waals surface area contributed by atoms with Crippen LogP contribution < -0.4 is 21.3 Å². The summed E-state index contributed by atoms with van der Waals surface area (Å²) in [6, 6.07) is 0. The minimum Gasteiger partial charge on any atom is -0.316 e. The van der Waals surface area contributed by atoms with Crippen molar-refractivity contribution >= 4 is 6.21 Å². The Labute approximate surface area is 92.9 Å². The monoisotopic (exact) mass is 215 g/mol. The van der Waals surface area contributed by atoms with Crippen LogP contribution in [0.5, 0.6) is 0 Å². The van der Waals surface area contributed by atoms with Crippen LogP contribution in [-0.2, 0) is 0 Å². The summed E-state index contributed by atoms with van der Waals surface area (Å²) >= 11 is 0. The van der Waals surface area contributed by atoms with Crippen molar-refractivity contribution in [2.75, 3.05) is 52.4 Å². The van der Waals surface area contributed by atoms with Crippen molar-refractivity contribution in [3.63, 3.8) is 0 Å². The fraction of sp³-hybridized carbons (Fsp3) is 0.900. The zero-order valence-electron chi connectivity index (χ0n) is 9.73. The van der Waals surface area contributed by atoms with Crippen molar-refractivity contribution in [3.8, 4) is 0 Å². The van der Waals surface area contributed by atoms with Crippen LogP contribution in [-0.4, -0.2) is 58.6 Å². The molecule has 90 valence electrons. The minimum absolute atomic E-state index is 0.669. The quantitative estimate of drug-likeness (QED) is 0.214. The first-order valence-electron chi connectivity index (χ1n) is 5.73. The second kappa shape index (κ2) is 13.5. The van der Waals surface area contributed by atoms with Gasteiger partial charge in [-0.15, -0.1) is 0 Å². The first-order chi connectivity index (χ1) is 7.41. The Morgan fingerprint density at radius 3 is 1.73 bits per heavy atom. The molecular formula is C10H25N5. The predicted molar refractivity (Wildman–Crippen MR) is 65.9 cm³/mol. The molecule has 0 saturated carbocycles. The molecule has 5 N–H and O–H groups in total. The van der Waals surface area contributed by atoms with Crippen LogP contribution in [0.2, 0.25) is 0 Å². The summed E-state index contributed by atoms with van der Waals surface area (Å²) in [4.78, 5) is 0. The van der Waals surface area contributed by atoms with Crippen molar-refractivity contribution in [1.29, 1.82) is 5.41 Å². The Balaban J connectivity index is 2.83. The number of rotatable bonds is 12. The molecule has 5 heteroatoms. The van der Waals surface area contributed by atoms with E-state index in [2.05, 4.69) is 28.2 Å². The van der Waals surface area contributed by atoms with Crippen molar-refractivity contribution in [2.45, 2.75) is 6.92 Å². The summed E-state index contributed by atoms with van der Waals surface area (Å²) in [6.45, 7) is 9.78. The first-order valence-corrected chi connectivity index (χ1v) is 5.73. The molecule has 0 radical (unpaired) electrons. The Kier molecular flexibility index (Phi) is 13.1. The van der Waals surface area contributed by atoms with E-state index in [1.807, 2.05) is 0 Å². The predicted octanol–water partition coefficient (Wildman–Crippen LogP) is -0.986. The van der Waals surface area contributed by atoms with E-state index in [1.165, 1.54) is 6.21 Å². The van der Waals surface area contributed by atoms with Gasteiger partial charge in [-0.1, -0.05) is 6.92 Å². The van der Waals surface area contributed by atoms with E-state index in [0.29, 0.717) is 6.54 Å². The molecule has 0 bridgehead atoms. The molecule has 15 heavy (non-hydrogen) atoms. The van der Waals surface area contributed by atoms with Crippen LogP contribution in [0.4, 0.5) is 0 Å². The maximum Gasteiger partial charge on any atom is 0.0302 e. The third kappa shape index (κ3) is 13.5. The highest BCUT2D eigenvalue weighted by atomic mass is 15.0. The van der Waals surface area contributed by atoms with E-state index in [4.69, 9.17) is 5.41 Å². The number of likely N-dealkylation sites (N-methyl/N-ethyl adjacent to an activating group) is 1. The molecule has 0 aromatic rings. The fourth-order valence-corrected chi connectivity index (χ4v) is 1.13. The molecule has 0 atom stereocenters. The Morgan fingerprint density at radius 1 is 0.800 bits per heavy atom. The summed E-state index contributed by atoms with van der Waals surface area (Å²) in [5, 5.41) is 19.8. The van der Waals surface area contributed by atoms with Crippen molar-refractivity contribution < 1.29 is 0 Å². The maximum absolute atomic E-state index is 6.81. The molecule has 0 saturated heterocycles. The lowest BCUT2D eigenvalue weighted by Gasteiger charge is -2.06. The van der Waals surface area contributed by atoms with Gasteiger partial charge >= 0.3 is 0 Å². The van der Waals surface area contributed by atoms with Gasteiger partial charge in [-0.25, -0.2) is 0 Å². The first kappa shape index (κ1) is 14.5. The zero-order valence-corrected chi connectivity index (χ0v) is 9.73. The van der Waals surface area contributed by atoms with Gasteiger partial charge < -0.3 is 26.7 Å². The van der Waals surface area contributed by atoms with Gasteiger partial charge in [-0.2, -0.15) is 0 Å². The Morgan fingerprint density at radius 2 is 1.27 bits per heavy atom. The van der Waals surface area contributed by atoms with E-state index < -0.39 is 0 Å². The molecule has 0 aromatic carbocycles. The highest BCUT2D eigenvalue weighted by Crippen LogP contribution is 1.62. The van der Waals surface area contributed by atoms with E-state index in [1.54, 1.807) is 0 Å². The van der Waals surface area contributed by atoms with Crippen LogP contribution in [0.1, 0.15) is 6.92 Å². The summed E-state index contributed by atoms with van der Waals surface area (Å²) < 4.78 is 0. The van der Waals surface area contributed by atoms with Gasteiger partial charge in [-0.05, 0) is 6.54 Å². The Hall–Kier alpha value is -0.490. The Bertz CT molecular complexity index is 129. The second-order valence-electron chi connectivity index (χ2n) is 3.26. The molecular weight excluding hydrogens is 190 g/mol. The second-order valence-corrected chi connectivity index (χ2v) is 3.26. The van der Waals surface area contributed by atoms with Gasteiger partial charge in [0.25, 0.3) is 0 Å². The van der Waals surface area contributed by atoms with E-state index in [-0.39, 0.29) is 0 Å². The third-order valence-electron chi connectivity index (χ3n) is 1.93. The molecule has 0 spiro atoms. The van der Waals surface area contributed by atoms with Gasteiger partial charge in [0.1, 0.15) is 0 Å². The van der Waals surface area contributed by atoms with Crippen molar-refractivity contribution in [2.24, 2.45) is 0 Å². The van der Waals surface area contributed by atoms with Gasteiger partial charge in [0.15, 0.2) is 0 Å². The summed E-state index contributed by atoms with van der Waals surface area (Å²) in [5.74, 6) is 0. The molecule has 0 unspecified atom stereocenters. The molecule has 0 aliphatic heterocycles. The standard InChI is InChI=1S/C10H25N5/c1-2-12-5-6-14-9-10-15-8-7-13-4-3-11/h3,11-15H,2,4-10H2,1H3. The lowest BCUT2D eigenvalue weighted by Crippen LogP contribution is -2.35. The van der Waals surface area contributed by atoms with Crippen LogP contribution in [0.15, 0.2) is 0 Å². The highest BCUT2D eigenvalue weighted by Gasteiger charge is 1.88. The smallest absolute Gasteiger partial charge is 0.0302 e. The van der Waals surface area contributed by atoms with Gasteiger partial charge in [0, 0.05) is 52.0 Å². The molecule has 0 amide bonds. The number of nitrogens with one attached hydrogen (secondary N) is 5. The lowest BCUT2D eigenvalue weighted by atomic mass is 10.5. The SMILES string of the molecule is CCNCCNCCNCCNCC=N. The molecule has 0 aliphatic carbocycles. The van der Waals surface area contributed by atoms with Gasteiger partial charge in [0.05, 0.1) is 0 Å². The highest BCUT2D eigenvalue weighted by molar-refractivity contribution is 5.55. The van der Waals surface area contributed by atoms with Crippen LogP contribution in [0, 0.1) is 5.41 Å². The van der Waals surface area contributed by atoms with Crippen LogP contribution in [0.3, 0.4) is 0 Å². The zero-order chi connectivity index (χ0) is 11.2. The van der Waals surface area contributed by atoms with Gasteiger partial charge in [-0.3, -0.25) is 0 Å². The average molecular weight is 215 g/mol. The molecule has 0 fully saturated rings. The number of hydrogen-bond acceptors (Lipinski definition) is 5. The minimum atomic E-state index is 0.669. The normalized spacial score (nSPS) is 10.5. The topological polar surface area (TPSA) is 72.0 Å². The fourth-order valence-electron chi connectivity index (χ4n) is 1.13. The summed E-state index contributed by atoms with van der Waals surface area (Å²) in [6.07, 6.45) is 1.38. The van der Waals surface area contributed by atoms with E-state index >= 15 is 0 Å². The van der Waals surface area contributed by atoms with Crippen LogP contribution in [0.25, 0.3) is 0 Å². The van der Waals surface area contributed by atoms with E-state index in [9.17, 15) is 0 Å². The average Bonchev–Trinajstić information content (AvgIpc) is 2.26. The van der Waals surface area contributed by atoms with Crippen molar-refractivity contribution in [1.82, 2.24) is 21.3 Å². The molecule has 0 heterocycles. The van der Waals surface area contributed by atoms with Gasteiger partial charge in [0.2, 0.25) is 0 Å². The molecule has 0 aliphatic rings. The summed E-state index contributed by atoms with van der Waals surface area (Å²) in [7, 11) is 0. The number of hydrogen-bond donors (Lipinski definition) is 5. The maximum atomic E-state index is 6.81. The molecule has 0 rings (SSSR count). The van der Waals surface area contributed by atoms with E-state index in [0.717, 1.165) is 45.8 Å². The largest absolute Gasteiger partial charge is 0.316 e.